The third-order valence-electron chi connectivity index (χ3n) is 8.86. The van der Waals surface area contributed by atoms with Crippen molar-refractivity contribution in [3.8, 4) is 5.75 Å². The highest BCUT2D eigenvalue weighted by Gasteiger charge is 2.59. The van der Waals surface area contributed by atoms with E-state index in [2.05, 4.69) is 4.90 Å². The molecule has 0 unspecified atom stereocenters. The Morgan fingerprint density at radius 3 is 2.27 bits per heavy atom. The number of carbonyl (C=O) groups is 3. The van der Waals surface area contributed by atoms with Gasteiger partial charge < -0.3 is 26.2 Å². The van der Waals surface area contributed by atoms with Crippen molar-refractivity contribution >= 4 is 17.5 Å². The van der Waals surface area contributed by atoms with Gasteiger partial charge in [-0.3, -0.25) is 19.3 Å². The Balaban J connectivity index is 1.38. The Bertz CT molecular complexity index is 1280. The van der Waals surface area contributed by atoms with Crippen LogP contribution in [0.25, 0.3) is 0 Å². The molecule has 2 fully saturated rings. The van der Waals surface area contributed by atoms with Crippen LogP contribution in [-0.4, -0.2) is 61.5 Å². The zero-order valence-corrected chi connectivity index (χ0v) is 20.6. The molecule has 1 aromatic rings. The molecular weight excluding hydrogens is 476 g/mol. The van der Waals surface area contributed by atoms with E-state index in [1.807, 2.05) is 6.07 Å². The summed E-state index contributed by atoms with van der Waals surface area (Å²) in [7, 11) is 0. The maximum absolute atomic E-state index is 13.7. The number of carbonyl (C=O) groups excluding carboxylic acids is 3. The van der Waals surface area contributed by atoms with Crippen LogP contribution in [0, 0.1) is 23.7 Å². The van der Waals surface area contributed by atoms with Crippen LogP contribution in [0.15, 0.2) is 34.8 Å². The number of benzene rings is 1. The number of nitrogens with two attached hydrogens (primary N) is 1. The van der Waals surface area contributed by atoms with Crippen molar-refractivity contribution < 1.29 is 34.8 Å². The summed E-state index contributed by atoms with van der Waals surface area (Å²) in [5.41, 5.74) is 3.61. The van der Waals surface area contributed by atoms with Gasteiger partial charge in [0.15, 0.2) is 11.4 Å². The van der Waals surface area contributed by atoms with Gasteiger partial charge in [0.1, 0.15) is 22.8 Å². The van der Waals surface area contributed by atoms with E-state index in [1.165, 1.54) is 31.7 Å². The number of fused-ring (bicyclic) bond motifs is 3. The number of allylic oxidation sites excluding steroid dienone is 2. The Kier molecular flexibility index (Phi) is 5.51. The molecule has 0 heterocycles. The van der Waals surface area contributed by atoms with Crippen molar-refractivity contribution in [1.82, 2.24) is 4.90 Å². The first-order valence-corrected chi connectivity index (χ1v) is 13.1. The first-order chi connectivity index (χ1) is 17.6. The molecule has 0 saturated heterocycles. The highest BCUT2D eigenvalue weighted by molar-refractivity contribution is 6.24. The lowest BCUT2D eigenvalue weighted by Gasteiger charge is -2.45. The van der Waals surface area contributed by atoms with Gasteiger partial charge in [-0.2, -0.15) is 0 Å². The number of primary amides is 1. The van der Waals surface area contributed by atoms with Crippen LogP contribution in [0.5, 0.6) is 5.75 Å². The molecule has 0 aliphatic heterocycles. The predicted molar refractivity (Wildman–Crippen MR) is 132 cm³/mol. The predicted octanol–water partition coefficient (Wildman–Crippen LogP) is 2.20. The number of aliphatic hydroxyl groups is 3. The molecule has 1 amide bonds. The number of hydrogen-bond acceptors (Lipinski definition) is 8. The Hall–Kier alpha value is -3.17. The average Bonchev–Trinajstić information content (AvgIpc) is 3.75. The van der Waals surface area contributed by atoms with Gasteiger partial charge in [-0.15, -0.1) is 0 Å². The number of nitrogens with zero attached hydrogens (tertiary/aromatic N) is 1. The number of Topliss-reactive ketones (excluding diaryl/α,β-unsaturated/α-hetero) is 2. The Labute approximate surface area is 214 Å². The molecule has 2 saturated carbocycles. The minimum Gasteiger partial charge on any atom is -0.511 e. The number of aliphatic hydroxyl groups excluding tert-OH is 2. The Morgan fingerprint density at radius 2 is 1.68 bits per heavy atom. The summed E-state index contributed by atoms with van der Waals surface area (Å²) in [6.07, 6.45) is 5.23. The number of aromatic hydroxyl groups is 1. The normalized spacial score (nSPS) is 29.4. The van der Waals surface area contributed by atoms with Gasteiger partial charge in [0.05, 0.1) is 5.56 Å². The summed E-state index contributed by atoms with van der Waals surface area (Å²) in [5, 5.41) is 43.6. The smallest absolute Gasteiger partial charge is 0.255 e. The molecule has 6 rings (SSSR count). The number of rotatable bonds is 7. The van der Waals surface area contributed by atoms with E-state index in [0.29, 0.717) is 24.8 Å². The van der Waals surface area contributed by atoms with Gasteiger partial charge in [-0.1, -0.05) is 6.07 Å². The van der Waals surface area contributed by atoms with Crippen molar-refractivity contribution in [2.24, 2.45) is 29.4 Å². The molecule has 6 N–H and O–H groups in total. The van der Waals surface area contributed by atoms with Crippen molar-refractivity contribution in [3.63, 3.8) is 0 Å². The van der Waals surface area contributed by atoms with Gasteiger partial charge in [0.25, 0.3) is 5.91 Å². The van der Waals surface area contributed by atoms with Crippen molar-refractivity contribution in [2.45, 2.75) is 57.1 Å². The topological polar surface area (TPSA) is 161 Å². The van der Waals surface area contributed by atoms with Crippen LogP contribution in [-0.2, 0) is 22.6 Å². The van der Waals surface area contributed by atoms with Gasteiger partial charge in [0.2, 0.25) is 5.78 Å². The van der Waals surface area contributed by atoms with E-state index in [4.69, 9.17) is 5.73 Å². The van der Waals surface area contributed by atoms with E-state index < -0.39 is 52.0 Å². The minimum atomic E-state index is -2.53. The molecule has 9 heteroatoms. The number of ketones is 2. The monoisotopic (exact) mass is 508 g/mol. The lowest BCUT2D eigenvalue weighted by molar-refractivity contribution is -0.144. The van der Waals surface area contributed by atoms with Gasteiger partial charge >= 0.3 is 0 Å². The summed E-state index contributed by atoms with van der Waals surface area (Å²) in [4.78, 5) is 41.0. The summed E-state index contributed by atoms with van der Waals surface area (Å²) in [6, 6.07) is 3.36. The van der Waals surface area contributed by atoms with Crippen molar-refractivity contribution in [2.75, 3.05) is 13.1 Å². The summed E-state index contributed by atoms with van der Waals surface area (Å²) in [5.74, 6) is -4.58. The second kappa shape index (κ2) is 8.43. The fourth-order valence-electron chi connectivity index (χ4n) is 6.61. The molecule has 1 aromatic carbocycles. The lowest BCUT2D eigenvalue weighted by Crippen LogP contribution is -2.57. The van der Waals surface area contributed by atoms with Crippen molar-refractivity contribution in [3.05, 3.63) is 51.5 Å². The van der Waals surface area contributed by atoms with Crippen LogP contribution in [0.2, 0.25) is 0 Å². The van der Waals surface area contributed by atoms with Gasteiger partial charge in [-0.25, -0.2) is 0 Å². The average molecular weight is 509 g/mol. The number of phenolic OH excluding ortho intramolecular Hbond substituents is 1. The number of phenols is 1. The summed E-state index contributed by atoms with van der Waals surface area (Å²) >= 11 is 0. The summed E-state index contributed by atoms with van der Waals surface area (Å²) < 4.78 is 0. The van der Waals surface area contributed by atoms with E-state index in [1.54, 1.807) is 0 Å². The first kappa shape index (κ1) is 24.2. The molecule has 37 heavy (non-hydrogen) atoms. The zero-order chi connectivity index (χ0) is 26.2. The number of amides is 1. The molecule has 0 aromatic heterocycles. The van der Waals surface area contributed by atoms with E-state index >= 15 is 0 Å². The van der Waals surface area contributed by atoms with Crippen molar-refractivity contribution in [1.29, 1.82) is 0 Å². The minimum absolute atomic E-state index is 0.0897. The molecular formula is C28H32N2O7. The second-order valence-electron chi connectivity index (χ2n) is 11.6. The lowest BCUT2D eigenvalue weighted by atomic mass is 9.60. The third kappa shape index (κ3) is 3.87. The fraction of sp³-hybridized carbons (Fsp3) is 0.536. The maximum atomic E-state index is 13.7. The molecule has 5 aliphatic carbocycles. The largest absolute Gasteiger partial charge is 0.511 e. The van der Waals surface area contributed by atoms with Crippen LogP contribution < -0.4 is 5.73 Å². The number of hydrogen-bond donors (Lipinski definition) is 5. The van der Waals surface area contributed by atoms with Crippen LogP contribution in [0.3, 0.4) is 0 Å². The molecule has 5 aliphatic rings. The van der Waals surface area contributed by atoms with E-state index in [0.717, 1.165) is 24.2 Å². The van der Waals surface area contributed by atoms with Crippen LogP contribution in [0.4, 0.5) is 0 Å². The standard InChI is InChI=1S/C28H32N2O7/c29-27(36)23-20(32)9-17-7-16-8-18-15(12-30(10-13-1-2-13)11-14-3-4-14)5-6-19(31)22(18)24(33)21(16)25(34)28(17,37)26(23)35/h5-6,13-14,16-17,31-32,34,37H,1-4,7-12H2,(H2,29,36)/t16-,17+,28+/m1/s1. The quantitative estimate of drug-likeness (QED) is 0.350. The molecule has 3 atom stereocenters. The van der Waals surface area contributed by atoms with Crippen LogP contribution >= 0.6 is 0 Å². The second-order valence-corrected chi connectivity index (χ2v) is 11.6. The molecule has 196 valence electrons. The fourth-order valence-corrected chi connectivity index (χ4v) is 6.61. The van der Waals surface area contributed by atoms with Crippen LogP contribution in [0.1, 0.15) is 60.0 Å². The third-order valence-corrected chi connectivity index (χ3v) is 8.86. The molecule has 9 nitrogen and oxygen atoms in total. The Morgan fingerprint density at radius 1 is 1.03 bits per heavy atom. The summed E-state index contributed by atoms with van der Waals surface area (Å²) in [6.45, 7) is 2.69. The highest BCUT2D eigenvalue weighted by Crippen LogP contribution is 2.51. The van der Waals surface area contributed by atoms with Gasteiger partial charge in [0, 0.05) is 37.5 Å². The molecule has 0 radical (unpaired) electrons. The zero-order valence-electron chi connectivity index (χ0n) is 20.6. The first-order valence-electron chi connectivity index (χ1n) is 13.1. The van der Waals surface area contributed by atoms with E-state index in [-0.39, 0.29) is 29.7 Å². The molecule has 0 spiro atoms. The van der Waals surface area contributed by atoms with E-state index in [9.17, 15) is 34.8 Å². The molecule has 0 bridgehead atoms. The SMILES string of the molecule is NC(=O)C1=C(O)C[C@@H]2C[C@@H]3Cc4c(CN(CC5CC5)CC5CC5)ccc(O)c4C(=O)C3=C(O)[C@]2(O)C1=O. The van der Waals surface area contributed by atoms with Gasteiger partial charge in [-0.05, 0) is 73.5 Å². The highest BCUT2D eigenvalue weighted by atomic mass is 16.3. The maximum Gasteiger partial charge on any atom is 0.255 e.